The fourth-order valence-corrected chi connectivity index (χ4v) is 3.32. The average Bonchev–Trinajstić information content (AvgIpc) is 3.15. The molecule has 1 aliphatic rings. The van der Waals surface area contributed by atoms with Gasteiger partial charge < -0.3 is 5.32 Å². The highest BCUT2D eigenvalue weighted by Gasteiger charge is 2.22. The van der Waals surface area contributed by atoms with Crippen LogP contribution in [-0.2, 0) is 12.8 Å². The summed E-state index contributed by atoms with van der Waals surface area (Å²) in [4.78, 5) is 0. The fraction of sp³-hybridized carbons (Fsp3) is 0.444. The topological polar surface area (TPSA) is 12.0 Å². The molecular formula is C18H23NS. The minimum atomic E-state index is 0.702. The van der Waals surface area contributed by atoms with Crippen LogP contribution in [0.4, 0.5) is 0 Å². The van der Waals surface area contributed by atoms with Crippen molar-refractivity contribution in [3.05, 3.63) is 57.8 Å². The van der Waals surface area contributed by atoms with Gasteiger partial charge in [0.2, 0.25) is 0 Å². The molecule has 0 saturated heterocycles. The number of nitrogens with one attached hydrogen (secondary N) is 1. The van der Waals surface area contributed by atoms with Crippen LogP contribution in [0.25, 0.3) is 0 Å². The molecule has 2 heteroatoms. The zero-order valence-corrected chi connectivity index (χ0v) is 13.0. The van der Waals surface area contributed by atoms with E-state index in [1.165, 1.54) is 42.4 Å². The zero-order chi connectivity index (χ0) is 13.8. The van der Waals surface area contributed by atoms with Gasteiger partial charge >= 0.3 is 0 Å². The molecule has 1 N–H and O–H groups in total. The van der Waals surface area contributed by atoms with E-state index in [4.69, 9.17) is 0 Å². The first-order chi connectivity index (χ1) is 9.79. The monoisotopic (exact) mass is 285 g/mol. The second-order valence-electron chi connectivity index (χ2n) is 6.07. The van der Waals surface area contributed by atoms with Crippen LogP contribution >= 0.6 is 11.3 Å². The molecule has 0 bridgehead atoms. The normalized spacial score (nSPS) is 16.2. The molecule has 0 spiro atoms. The van der Waals surface area contributed by atoms with Crippen LogP contribution in [0.1, 0.15) is 29.5 Å². The van der Waals surface area contributed by atoms with Gasteiger partial charge in [-0.3, -0.25) is 0 Å². The Hall–Kier alpha value is -1.12. The summed E-state index contributed by atoms with van der Waals surface area (Å²) in [5.74, 6) is 0.702. The van der Waals surface area contributed by atoms with Crippen LogP contribution in [0.15, 0.2) is 41.1 Å². The van der Waals surface area contributed by atoms with Crippen molar-refractivity contribution in [3.8, 4) is 0 Å². The van der Waals surface area contributed by atoms with Gasteiger partial charge in [0.15, 0.2) is 0 Å². The Bertz CT molecular complexity index is 511. The summed E-state index contributed by atoms with van der Waals surface area (Å²) in [5, 5.41) is 8.18. The molecule has 0 radical (unpaired) electrons. The van der Waals surface area contributed by atoms with E-state index in [1.807, 2.05) is 0 Å². The van der Waals surface area contributed by atoms with Crippen LogP contribution in [0, 0.1) is 12.8 Å². The maximum absolute atomic E-state index is 3.70. The van der Waals surface area contributed by atoms with Crippen molar-refractivity contribution in [1.29, 1.82) is 0 Å². The van der Waals surface area contributed by atoms with E-state index in [1.54, 1.807) is 11.3 Å². The summed E-state index contributed by atoms with van der Waals surface area (Å²) in [6, 6.07) is 12.1. The van der Waals surface area contributed by atoms with Crippen molar-refractivity contribution in [2.24, 2.45) is 5.92 Å². The molecule has 1 aliphatic carbocycles. The summed E-state index contributed by atoms with van der Waals surface area (Å²) >= 11 is 1.81. The van der Waals surface area contributed by atoms with Crippen molar-refractivity contribution in [2.45, 2.75) is 38.6 Å². The smallest absolute Gasteiger partial charge is 0.00683 e. The fourth-order valence-electron chi connectivity index (χ4n) is 2.64. The van der Waals surface area contributed by atoms with Gasteiger partial charge in [0.25, 0.3) is 0 Å². The lowest BCUT2D eigenvalue weighted by Gasteiger charge is -2.17. The Morgan fingerprint density at radius 1 is 1.10 bits per heavy atom. The molecule has 3 rings (SSSR count). The minimum Gasteiger partial charge on any atom is -0.314 e. The number of hydrogen-bond acceptors (Lipinski definition) is 2. The lowest BCUT2D eigenvalue weighted by atomic mass is 9.93. The molecule has 1 nitrogen and oxygen atoms in total. The lowest BCUT2D eigenvalue weighted by molar-refractivity contribution is 0.469. The average molecular weight is 285 g/mol. The SMILES string of the molecule is Cc1ccc(CC(CNC2CC2)Cc2ccsc2)cc1. The Labute approximate surface area is 126 Å². The van der Waals surface area contributed by atoms with E-state index in [-0.39, 0.29) is 0 Å². The maximum atomic E-state index is 3.70. The van der Waals surface area contributed by atoms with Crippen molar-refractivity contribution in [3.63, 3.8) is 0 Å². The third-order valence-electron chi connectivity index (χ3n) is 4.02. The maximum Gasteiger partial charge on any atom is 0.00683 e. The Morgan fingerprint density at radius 2 is 1.85 bits per heavy atom. The van der Waals surface area contributed by atoms with Gasteiger partial charge in [-0.15, -0.1) is 0 Å². The second kappa shape index (κ2) is 6.55. The van der Waals surface area contributed by atoms with Crippen LogP contribution < -0.4 is 5.32 Å². The van der Waals surface area contributed by atoms with E-state index < -0.39 is 0 Å². The van der Waals surface area contributed by atoms with Crippen LogP contribution in [-0.4, -0.2) is 12.6 Å². The van der Waals surface area contributed by atoms with Gasteiger partial charge in [-0.2, -0.15) is 11.3 Å². The first kappa shape index (κ1) is 13.8. The summed E-state index contributed by atoms with van der Waals surface area (Å²) in [6.07, 6.45) is 5.11. The Kier molecular flexibility index (Phi) is 4.54. The van der Waals surface area contributed by atoms with Gasteiger partial charge in [-0.1, -0.05) is 29.8 Å². The number of thiophene rings is 1. The first-order valence-electron chi connectivity index (χ1n) is 7.59. The number of hydrogen-bond donors (Lipinski definition) is 1. The molecule has 20 heavy (non-hydrogen) atoms. The summed E-state index contributed by atoms with van der Waals surface area (Å²) < 4.78 is 0. The molecule has 1 aromatic heterocycles. The second-order valence-corrected chi connectivity index (χ2v) is 6.85. The van der Waals surface area contributed by atoms with E-state index in [2.05, 4.69) is 53.3 Å². The predicted molar refractivity (Wildman–Crippen MR) is 87.4 cm³/mol. The standard InChI is InChI=1S/C18H23NS/c1-14-2-4-15(5-3-14)10-17(12-19-18-6-7-18)11-16-8-9-20-13-16/h2-5,8-9,13,17-19H,6-7,10-12H2,1H3. The predicted octanol–water partition coefficient (Wildman–Crippen LogP) is 4.21. The Balaban J connectivity index is 1.61. The third-order valence-corrected chi connectivity index (χ3v) is 4.75. The van der Waals surface area contributed by atoms with Gasteiger partial charge in [0.1, 0.15) is 0 Å². The molecule has 1 atom stereocenters. The molecule has 1 aromatic carbocycles. The third kappa shape index (κ3) is 4.19. The van der Waals surface area contributed by atoms with E-state index in [0.717, 1.165) is 12.6 Å². The molecule has 106 valence electrons. The van der Waals surface area contributed by atoms with E-state index in [9.17, 15) is 0 Å². The van der Waals surface area contributed by atoms with E-state index >= 15 is 0 Å². The Morgan fingerprint density at radius 3 is 2.50 bits per heavy atom. The molecule has 0 aliphatic heterocycles. The number of aryl methyl sites for hydroxylation is 1. The van der Waals surface area contributed by atoms with Crippen molar-refractivity contribution >= 4 is 11.3 Å². The zero-order valence-electron chi connectivity index (χ0n) is 12.1. The van der Waals surface area contributed by atoms with Gasteiger partial charge in [-0.05, 0) is 73.0 Å². The minimum absolute atomic E-state index is 0.702. The van der Waals surface area contributed by atoms with Gasteiger partial charge in [0, 0.05) is 6.04 Å². The lowest BCUT2D eigenvalue weighted by Crippen LogP contribution is -2.27. The van der Waals surface area contributed by atoms with Crippen molar-refractivity contribution in [2.75, 3.05) is 6.54 Å². The molecular weight excluding hydrogens is 262 g/mol. The van der Waals surface area contributed by atoms with E-state index in [0.29, 0.717) is 5.92 Å². The first-order valence-corrected chi connectivity index (χ1v) is 8.54. The van der Waals surface area contributed by atoms with Crippen LogP contribution in [0.3, 0.4) is 0 Å². The molecule has 1 fully saturated rings. The van der Waals surface area contributed by atoms with Crippen molar-refractivity contribution < 1.29 is 0 Å². The molecule has 1 heterocycles. The highest BCUT2D eigenvalue weighted by molar-refractivity contribution is 7.07. The van der Waals surface area contributed by atoms with Gasteiger partial charge in [0.05, 0.1) is 0 Å². The van der Waals surface area contributed by atoms with Crippen LogP contribution in [0.2, 0.25) is 0 Å². The van der Waals surface area contributed by atoms with Crippen LogP contribution in [0.5, 0.6) is 0 Å². The molecule has 2 aromatic rings. The largest absolute Gasteiger partial charge is 0.314 e. The molecule has 1 unspecified atom stereocenters. The quantitative estimate of drug-likeness (QED) is 0.803. The summed E-state index contributed by atoms with van der Waals surface area (Å²) in [5.41, 5.74) is 4.30. The van der Waals surface area contributed by atoms with Gasteiger partial charge in [-0.25, -0.2) is 0 Å². The highest BCUT2D eigenvalue weighted by atomic mass is 32.1. The highest BCUT2D eigenvalue weighted by Crippen LogP contribution is 2.21. The summed E-state index contributed by atoms with van der Waals surface area (Å²) in [7, 11) is 0. The van der Waals surface area contributed by atoms with Crippen molar-refractivity contribution in [1.82, 2.24) is 5.32 Å². The summed E-state index contributed by atoms with van der Waals surface area (Å²) in [6.45, 7) is 3.30. The number of benzene rings is 1. The number of rotatable bonds is 7. The molecule has 1 saturated carbocycles. The molecule has 0 amide bonds.